The van der Waals surface area contributed by atoms with Crippen LogP contribution in [0.2, 0.25) is 0 Å². The maximum Gasteiger partial charge on any atom is 0.0314 e. The molecule has 0 saturated carbocycles. The lowest BCUT2D eigenvalue weighted by Gasteiger charge is -2.06. The highest BCUT2D eigenvalue weighted by Gasteiger charge is 1.99. The molecule has 0 fully saturated rings. The van der Waals surface area contributed by atoms with Gasteiger partial charge in [-0.1, -0.05) is 146 Å². The fourth-order valence-corrected chi connectivity index (χ4v) is 4.75. The molecule has 0 aliphatic carbocycles. The number of hydrogen-bond acceptors (Lipinski definition) is 1. The van der Waals surface area contributed by atoms with Crippen LogP contribution >= 0.6 is 0 Å². The van der Waals surface area contributed by atoms with Gasteiger partial charge in [0, 0.05) is 5.69 Å². The van der Waals surface area contributed by atoms with Crippen molar-refractivity contribution in [1.82, 2.24) is 0 Å². The second-order valence-electron chi connectivity index (χ2n) is 10.1. The van der Waals surface area contributed by atoms with E-state index < -0.39 is 0 Å². The molecule has 0 heterocycles. The molecule has 0 aliphatic heterocycles. The van der Waals surface area contributed by atoms with E-state index in [2.05, 4.69) is 43.3 Å². The molecule has 33 heavy (non-hydrogen) atoms. The van der Waals surface area contributed by atoms with Crippen LogP contribution in [0.1, 0.15) is 133 Å². The van der Waals surface area contributed by atoms with E-state index in [1.807, 2.05) is 12.1 Å². The predicted molar refractivity (Wildman–Crippen MR) is 148 cm³/mol. The first kappa shape index (κ1) is 27.5. The van der Waals surface area contributed by atoms with Gasteiger partial charge in [0.05, 0.1) is 0 Å². The quantitative estimate of drug-likeness (QED) is 0.158. The van der Waals surface area contributed by atoms with Crippen LogP contribution in [-0.4, -0.2) is 0 Å². The first-order chi connectivity index (χ1) is 16.3. The van der Waals surface area contributed by atoms with E-state index in [0.717, 1.165) is 12.1 Å². The van der Waals surface area contributed by atoms with E-state index in [1.54, 1.807) is 0 Å². The molecule has 2 N–H and O–H groups in total. The van der Waals surface area contributed by atoms with Crippen LogP contribution in [0, 0.1) is 0 Å². The van der Waals surface area contributed by atoms with E-state index in [9.17, 15) is 0 Å². The van der Waals surface area contributed by atoms with Gasteiger partial charge in [0.25, 0.3) is 0 Å². The van der Waals surface area contributed by atoms with Gasteiger partial charge in [-0.25, -0.2) is 0 Å². The van der Waals surface area contributed by atoms with E-state index in [1.165, 1.54) is 132 Å². The molecule has 1 heteroatoms. The molecule has 0 saturated heterocycles. The number of benzene rings is 2. The fourth-order valence-electron chi connectivity index (χ4n) is 4.75. The van der Waals surface area contributed by atoms with Crippen LogP contribution in [0.15, 0.2) is 48.5 Å². The molecule has 0 aromatic heterocycles. The molecule has 0 spiro atoms. The summed E-state index contributed by atoms with van der Waals surface area (Å²) in [6.07, 6.45) is 26.6. The lowest BCUT2D eigenvalue weighted by molar-refractivity contribution is 0.527. The van der Waals surface area contributed by atoms with Crippen molar-refractivity contribution < 1.29 is 0 Å². The van der Waals surface area contributed by atoms with Crippen molar-refractivity contribution in [3.63, 3.8) is 0 Å². The van der Waals surface area contributed by atoms with E-state index in [4.69, 9.17) is 5.73 Å². The summed E-state index contributed by atoms with van der Waals surface area (Å²) in [7, 11) is 0. The molecule has 0 bridgehead atoms. The minimum absolute atomic E-state index is 0.836. The molecular weight excluding hydrogens is 398 g/mol. The number of aryl methyl sites for hydroxylation is 1. The Morgan fingerprint density at radius 1 is 0.424 bits per heavy atom. The molecule has 2 aromatic carbocycles. The van der Waals surface area contributed by atoms with Crippen LogP contribution < -0.4 is 5.73 Å². The zero-order valence-corrected chi connectivity index (χ0v) is 21.6. The predicted octanol–water partition coefficient (Wildman–Crippen LogP) is 10.1. The van der Waals surface area contributed by atoms with Crippen molar-refractivity contribution in [1.29, 1.82) is 0 Å². The van der Waals surface area contributed by atoms with Crippen molar-refractivity contribution in [3.05, 3.63) is 65.2 Å². The molecule has 184 valence electrons. The summed E-state index contributed by atoms with van der Waals surface area (Å²) >= 11 is 0. The fraction of sp³-hybridized carbons (Fsp3) is 0.625. The second kappa shape index (κ2) is 18.6. The first-order valence-electron chi connectivity index (χ1n) is 14.2. The summed E-state index contributed by atoms with van der Waals surface area (Å²) in [6, 6.07) is 17.4. The zero-order valence-electron chi connectivity index (χ0n) is 21.6. The summed E-state index contributed by atoms with van der Waals surface area (Å²) in [6.45, 7) is 2.30. The molecular formula is C32H51N. The van der Waals surface area contributed by atoms with Crippen LogP contribution in [0.5, 0.6) is 0 Å². The largest absolute Gasteiger partial charge is 0.399 e. The molecule has 0 amide bonds. The third-order valence-corrected chi connectivity index (χ3v) is 6.98. The highest BCUT2D eigenvalue weighted by Crippen LogP contribution is 2.16. The Hall–Kier alpha value is -1.76. The SMILES string of the molecule is CCCCCCCCCCCCCCCCCCCc1ccc(Cc2ccc(N)cc2)cc1. The molecule has 1 nitrogen and oxygen atoms in total. The monoisotopic (exact) mass is 449 g/mol. The minimum Gasteiger partial charge on any atom is -0.399 e. The maximum absolute atomic E-state index is 5.78. The van der Waals surface area contributed by atoms with Gasteiger partial charge in [0.15, 0.2) is 0 Å². The van der Waals surface area contributed by atoms with Crippen LogP contribution in [0.3, 0.4) is 0 Å². The van der Waals surface area contributed by atoms with Gasteiger partial charge >= 0.3 is 0 Å². The Morgan fingerprint density at radius 2 is 0.758 bits per heavy atom. The van der Waals surface area contributed by atoms with E-state index in [-0.39, 0.29) is 0 Å². The molecule has 0 aliphatic rings. The molecule has 0 radical (unpaired) electrons. The Labute approximate surface area is 205 Å². The Bertz CT molecular complexity index is 685. The van der Waals surface area contributed by atoms with Gasteiger partial charge in [-0.05, 0) is 48.1 Å². The van der Waals surface area contributed by atoms with E-state index in [0.29, 0.717) is 0 Å². The summed E-state index contributed by atoms with van der Waals surface area (Å²) in [5.41, 5.74) is 10.8. The van der Waals surface area contributed by atoms with Crippen molar-refractivity contribution in [2.75, 3.05) is 5.73 Å². The van der Waals surface area contributed by atoms with Gasteiger partial charge in [0.1, 0.15) is 0 Å². The van der Waals surface area contributed by atoms with Gasteiger partial charge in [0.2, 0.25) is 0 Å². The highest BCUT2D eigenvalue weighted by atomic mass is 14.5. The lowest BCUT2D eigenvalue weighted by atomic mass is 10.0. The average Bonchev–Trinajstić information content (AvgIpc) is 2.83. The number of nitrogens with two attached hydrogens (primary N) is 1. The summed E-state index contributed by atoms with van der Waals surface area (Å²) in [4.78, 5) is 0. The topological polar surface area (TPSA) is 26.0 Å². The lowest BCUT2D eigenvalue weighted by Crippen LogP contribution is -1.91. The minimum atomic E-state index is 0.836. The van der Waals surface area contributed by atoms with Gasteiger partial charge in [-0.2, -0.15) is 0 Å². The number of anilines is 1. The van der Waals surface area contributed by atoms with Gasteiger partial charge in [-0.15, -0.1) is 0 Å². The third-order valence-electron chi connectivity index (χ3n) is 6.98. The standard InChI is InChI=1S/C32H51N/c1-2-3-4-5-6-7-8-9-10-11-12-13-14-15-16-17-18-19-29-20-22-30(23-21-29)28-31-24-26-32(33)27-25-31/h20-27H,2-19,28,33H2,1H3. The van der Waals surface area contributed by atoms with Crippen LogP contribution in [0.4, 0.5) is 5.69 Å². The average molecular weight is 450 g/mol. The Balaban J connectivity index is 1.36. The number of nitrogen functional groups attached to an aromatic ring is 1. The number of rotatable bonds is 20. The molecule has 0 unspecified atom stereocenters. The van der Waals surface area contributed by atoms with Crippen molar-refractivity contribution >= 4 is 5.69 Å². The summed E-state index contributed by atoms with van der Waals surface area (Å²) in [5, 5.41) is 0. The Kier molecular flexibility index (Phi) is 15.5. The van der Waals surface area contributed by atoms with Crippen molar-refractivity contribution in [2.24, 2.45) is 0 Å². The van der Waals surface area contributed by atoms with Crippen LogP contribution in [0.25, 0.3) is 0 Å². The third kappa shape index (κ3) is 14.2. The van der Waals surface area contributed by atoms with Gasteiger partial charge < -0.3 is 5.73 Å². The first-order valence-corrected chi connectivity index (χ1v) is 14.2. The van der Waals surface area contributed by atoms with E-state index >= 15 is 0 Å². The van der Waals surface area contributed by atoms with Gasteiger partial charge in [-0.3, -0.25) is 0 Å². The zero-order chi connectivity index (χ0) is 23.4. The van der Waals surface area contributed by atoms with Crippen LogP contribution in [-0.2, 0) is 12.8 Å². The molecule has 0 atom stereocenters. The Morgan fingerprint density at radius 3 is 1.18 bits per heavy atom. The second-order valence-corrected chi connectivity index (χ2v) is 10.1. The van der Waals surface area contributed by atoms with Crippen molar-refractivity contribution in [2.45, 2.75) is 129 Å². The number of hydrogen-bond donors (Lipinski definition) is 1. The number of unbranched alkanes of at least 4 members (excludes halogenated alkanes) is 16. The highest BCUT2D eigenvalue weighted by molar-refractivity contribution is 5.40. The summed E-state index contributed by atoms with van der Waals surface area (Å²) < 4.78 is 0. The maximum atomic E-state index is 5.78. The molecule has 2 aromatic rings. The normalized spacial score (nSPS) is 11.2. The molecule has 2 rings (SSSR count). The summed E-state index contributed by atoms with van der Waals surface area (Å²) in [5.74, 6) is 0. The smallest absolute Gasteiger partial charge is 0.0314 e. The van der Waals surface area contributed by atoms with Crippen molar-refractivity contribution in [3.8, 4) is 0 Å².